The van der Waals surface area contributed by atoms with Crippen LogP contribution < -0.4 is 5.32 Å². The average molecular weight is 313 g/mol. The minimum atomic E-state index is -3.24. The van der Waals surface area contributed by atoms with E-state index in [9.17, 15) is 8.42 Å². The molecule has 0 saturated heterocycles. The van der Waals surface area contributed by atoms with E-state index in [1.165, 1.54) is 4.31 Å². The van der Waals surface area contributed by atoms with Gasteiger partial charge in [-0.25, -0.2) is 12.7 Å². The van der Waals surface area contributed by atoms with Gasteiger partial charge in [0.2, 0.25) is 10.0 Å². The molecule has 0 saturated carbocycles. The fourth-order valence-corrected chi connectivity index (χ4v) is 3.27. The Morgan fingerprint density at radius 3 is 2.10 bits per heavy atom. The second-order valence-corrected chi connectivity index (χ2v) is 7.66. The first-order chi connectivity index (χ1) is 9.85. The molecule has 1 aromatic carbocycles. The predicted octanol–water partition coefficient (Wildman–Crippen LogP) is 1.12. The maximum Gasteiger partial charge on any atom is 0.218 e. The van der Waals surface area contributed by atoms with Gasteiger partial charge in [-0.05, 0) is 45.2 Å². The predicted molar refractivity (Wildman–Crippen MR) is 87.6 cm³/mol. The summed E-state index contributed by atoms with van der Waals surface area (Å²) in [4.78, 5) is 2.06. The molecular weight excluding hydrogens is 286 g/mol. The highest BCUT2D eigenvalue weighted by Crippen LogP contribution is 2.11. The molecule has 0 bridgehead atoms. The van der Waals surface area contributed by atoms with Crippen molar-refractivity contribution in [2.24, 2.45) is 0 Å². The Balaban J connectivity index is 2.58. The van der Waals surface area contributed by atoms with Crippen molar-refractivity contribution in [2.75, 3.05) is 41.3 Å². The van der Waals surface area contributed by atoms with Crippen LogP contribution in [0.5, 0.6) is 0 Å². The minimum absolute atomic E-state index is 0.0608. The van der Waals surface area contributed by atoms with Gasteiger partial charge >= 0.3 is 0 Å². The SMILES string of the molecule is CNCc1ccc(CS(=O)(=O)N(C)CCCN(C)C)cc1. The van der Waals surface area contributed by atoms with Crippen molar-refractivity contribution in [3.05, 3.63) is 35.4 Å². The standard InChI is InChI=1S/C15H27N3O2S/c1-16-12-14-6-8-15(9-7-14)13-21(19,20)18(4)11-5-10-17(2)3/h6-9,16H,5,10-13H2,1-4H3. The molecule has 1 aromatic rings. The third-order valence-electron chi connectivity index (χ3n) is 3.31. The van der Waals surface area contributed by atoms with Crippen LogP contribution in [-0.4, -0.2) is 58.9 Å². The highest BCUT2D eigenvalue weighted by Gasteiger charge is 2.18. The highest BCUT2D eigenvalue weighted by molar-refractivity contribution is 7.88. The largest absolute Gasteiger partial charge is 0.316 e. The van der Waals surface area contributed by atoms with Crippen molar-refractivity contribution < 1.29 is 8.42 Å². The Labute approximate surface area is 129 Å². The molecule has 0 atom stereocenters. The molecular formula is C15H27N3O2S. The fraction of sp³-hybridized carbons (Fsp3) is 0.600. The molecule has 120 valence electrons. The highest BCUT2D eigenvalue weighted by atomic mass is 32.2. The van der Waals surface area contributed by atoms with Crippen LogP contribution in [0, 0.1) is 0 Å². The van der Waals surface area contributed by atoms with Crippen molar-refractivity contribution in [3.63, 3.8) is 0 Å². The average Bonchev–Trinajstić information content (AvgIpc) is 2.40. The minimum Gasteiger partial charge on any atom is -0.316 e. The number of nitrogens with one attached hydrogen (secondary N) is 1. The maximum atomic E-state index is 12.3. The Morgan fingerprint density at radius 1 is 1.00 bits per heavy atom. The normalized spacial score (nSPS) is 12.3. The quantitative estimate of drug-likeness (QED) is 0.742. The van der Waals surface area contributed by atoms with Gasteiger partial charge in [-0.1, -0.05) is 24.3 Å². The third-order valence-corrected chi connectivity index (χ3v) is 5.14. The molecule has 0 fully saturated rings. The molecule has 0 spiro atoms. The van der Waals surface area contributed by atoms with Crippen molar-refractivity contribution in [1.29, 1.82) is 0 Å². The van der Waals surface area contributed by atoms with E-state index in [0.717, 1.165) is 30.6 Å². The lowest BCUT2D eigenvalue weighted by atomic mass is 10.1. The number of benzene rings is 1. The number of sulfonamides is 1. The van der Waals surface area contributed by atoms with Crippen LogP contribution in [0.15, 0.2) is 24.3 Å². The number of hydrogen-bond donors (Lipinski definition) is 1. The lowest BCUT2D eigenvalue weighted by molar-refractivity contribution is 0.370. The van der Waals surface area contributed by atoms with Gasteiger partial charge in [-0.3, -0.25) is 0 Å². The molecule has 0 unspecified atom stereocenters. The van der Waals surface area contributed by atoms with Gasteiger partial charge in [0.05, 0.1) is 5.75 Å². The van der Waals surface area contributed by atoms with Crippen molar-refractivity contribution >= 4 is 10.0 Å². The summed E-state index contributed by atoms with van der Waals surface area (Å²) >= 11 is 0. The van der Waals surface area contributed by atoms with Gasteiger partial charge in [0.1, 0.15) is 0 Å². The molecule has 0 aliphatic heterocycles. The third kappa shape index (κ3) is 6.56. The topological polar surface area (TPSA) is 52.7 Å². The van der Waals surface area contributed by atoms with Crippen LogP contribution in [0.4, 0.5) is 0 Å². The summed E-state index contributed by atoms with van der Waals surface area (Å²) in [6.45, 7) is 2.23. The van der Waals surface area contributed by atoms with Crippen LogP contribution in [0.2, 0.25) is 0 Å². The van der Waals surface area contributed by atoms with Gasteiger partial charge in [-0.15, -0.1) is 0 Å². The van der Waals surface area contributed by atoms with Crippen molar-refractivity contribution in [2.45, 2.75) is 18.7 Å². The summed E-state index contributed by atoms with van der Waals surface area (Å²) in [7, 11) is 4.28. The van der Waals surface area contributed by atoms with E-state index in [0.29, 0.717) is 6.54 Å². The van der Waals surface area contributed by atoms with Gasteiger partial charge in [0.15, 0.2) is 0 Å². The van der Waals surface area contributed by atoms with Crippen molar-refractivity contribution in [3.8, 4) is 0 Å². The van der Waals surface area contributed by atoms with Gasteiger partial charge in [-0.2, -0.15) is 0 Å². The zero-order valence-electron chi connectivity index (χ0n) is 13.5. The van der Waals surface area contributed by atoms with Gasteiger partial charge < -0.3 is 10.2 Å². The zero-order chi connectivity index (χ0) is 15.9. The Morgan fingerprint density at radius 2 is 1.57 bits per heavy atom. The molecule has 21 heavy (non-hydrogen) atoms. The summed E-state index contributed by atoms with van der Waals surface area (Å²) in [5.74, 6) is 0.0608. The van der Waals surface area contributed by atoms with E-state index in [4.69, 9.17) is 0 Å². The number of hydrogen-bond acceptors (Lipinski definition) is 4. The van der Waals surface area contributed by atoms with Crippen LogP contribution in [-0.2, 0) is 22.3 Å². The summed E-state index contributed by atoms with van der Waals surface area (Å²) in [5, 5.41) is 3.07. The summed E-state index contributed by atoms with van der Waals surface area (Å²) < 4.78 is 26.0. The molecule has 0 aliphatic rings. The zero-order valence-corrected chi connectivity index (χ0v) is 14.3. The molecule has 6 heteroatoms. The molecule has 0 aliphatic carbocycles. The van der Waals surface area contributed by atoms with E-state index < -0.39 is 10.0 Å². The molecule has 1 N–H and O–H groups in total. The second kappa shape index (κ2) is 8.48. The van der Waals surface area contributed by atoms with E-state index in [2.05, 4.69) is 10.2 Å². The fourth-order valence-electron chi connectivity index (χ4n) is 2.03. The monoisotopic (exact) mass is 313 g/mol. The van der Waals surface area contributed by atoms with Crippen molar-refractivity contribution in [1.82, 2.24) is 14.5 Å². The van der Waals surface area contributed by atoms with Crippen LogP contribution in [0.1, 0.15) is 17.5 Å². The molecule has 0 heterocycles. The lowest BCUT2D eigenvalue weighted by Crippen LogP contribution is -2.30. The second-order valence-electron chi connectivity index (χ2n) is 5.58. The van der Waals surface area contributed by atoms with Crippen LogP contribution in [0.25, 0.3) is 0 Å². The molecule has 0 aromatic heterocycles. The lowest BCUT2D eigenvalue weighted by Gasteiger charge is -2.18. The van der Waals surface area contributed by atoms with Crippen LogP contribution >= 0.6 is 0 Å². The first-order valence-corrected chi connectivity index (χ1v) is 8.77. The smallest absolute Gasteiger partial charge is 0.218 e. The number of rotatable bonds is 9. The van der Waals surface area contributed by atoms with Gasteiger partial charge in [0.25, 0.3) is 0 Å². The molecule has 0 radical (unpaired) electrons. The Kier molecular flexibility index (Phi) is 7.31. The van der Waals surface area contributed by atoms with Gasteiger partial charge in [0, 0.05) is 20.1 Å². The van der Waals surface area contributed by atoms with E-state index in [1.54, 1.807) is 7.05 Å². The molecule has 5 nitrogen and oxygen atoms in total. The Hall–Kier alpha value is -0.950. The molecule has 0 amide bonds. The summed E-state index contributed by atoms with van der Waals surface area (Å²) in [6.07, 6.45) is 0.837. The van der Waals surface area contributed by atoms with E-state index >= 15 is 0 Å². The summed E-state index contributed by atoms with van der Waals surface area (Å²) in [6, 6.07) is 7.70. The Bertz CT molecular complexity index is 512. The number of nitrogens with zero attached hydrogens (tertiary/aromatic N) is 2. The molecule has 1 rings (SSSR count). The van der Waals surface area contributed by atoms with E-state index in [-0.39, 0.29) is 5.75 Å². The van der Waals surface area contributed by atoms with E-state index in [1.807, 2.05) is 45.4 Å². The summed E-state index contributed by atoms with van der Waals surface area (Å²) in [5.41, 5.74) is 1.98. The first-order valence-electron chi connectivity index (χ1n) is 7.16. The van der Waals surface area contributed by atoms with Crippen LogP contribution in [0.3, 0.4) is 0 Å². The first kappa shape index (κ1) is 18.1. The maximum absolute atomic E-state index is 12.3.